The van der Waals surface area contributed by atoms with Gasteiger partial charge in [-0.25, -0.2) is 4.39 Å². The molecule has 1 aromatic carbocycles. The SMILES string of the molecule is C\C(=C/C=C(N)/C=C/C1CC(O)CC2CCCCC12)c1ccccc1F. The molecule has 0 amide bonds. The molecule has 140 valence electrons. The maximum absolute atomic E-state index is 13.8. The van der Waals surface area contributed by atoms with Crippen LogP contribution < -0.4 is 5.73 Å². The first-order chi connectivity index (χ1) is 12.5. The number of aliphatic hydroxyl groups is 1. The topological polar surface area (TPSA) is 46.2 Å². The molecule has 3 rings (SSSR count). The summed E-state index contributed by atoms with van der Waals surface area (Å²) in [4.78, 5) is 0. The van der Waals surface area contributed by atoms with Crippen LogP contribution in [-0.2, 0) is 0 Å². The molecule has 0 heterocycles. The van der Waals surface area contributed by atoms with Gasteiger partial charge in [-0.05, 0) is 67.7 Å². The molecule has 0 aliphatic heterocycles. The Kier molecular flexibility index (Phi) is 6.31. The summed E-state index contributed by atoms with van der Waals surface area (Å²) in [7, 11) is 0. The summed E-state index contributed by atoms with van der Waals surface area (Å²) in [5.74, 6) is 1.54. The second-order valence-corrected chi connectivity index (χ2v) is 7.85. The second kappa shape index (κ2) is 8.68. The van der Waals surface area contributed by atoms with Gasteiger partial charge in [0.25, 0.3) is 0 Å². The van der Waals surface area contributed by atoms with Crippen molar-refractivity contribution in [1.82, 2.24) is 0 Å². The van der Waals surface area contributed by atoms with Gasteiger partial charge < -0.3 is 10.8 Å². The highest BCUT2D eigenvalue weighted by molar-refractivity contribution is 5.65. The fourth-order valence-electron chi connectivity index (χ4n) is 4.63. The lowest BCUT2D eigenvalue weighted by Gasteiger charge is -2.42. The third-order valence-corrected chi connectivity index (χ3v) is 6.00. The molecule has 0 saturated heterocycles. The van der Waals surface area contributed by atoms with Gasteiger partial charge in [0.15, 0.2) is 0 Å². The largest absolute Gasteiger partial charge is 0.399 e. The third kappa shape index (κ3) is 4.64. The van der Waals surface area contributed by atoms with Crippen molar-refractivity contribution in [3.8, 4) is 0 Å². The number of hydrogen-bond donors (Lipinski definition) is 2. The Hall–Kier alpha value is -1.87. The molecule has 3 heteroatoms. The molecular weight excluding hydrogens is 325 g/mol. The third-order valence-electron chi connectivity index (χ3n) is 6.00. The summed E-state index contributed by atoms with van der Waals surface area (Å²) in [6.07, 6.45) is 14.6. The predicted octanol–water partition coefficient (Wildman–Crippen LogP) is 5.21. The highest BCUT2D eigenvalue weighted by Crippen LogP contribution is 2.44. The van der Waals surface area contributed by atoms with E-state index in [1.807, 2.05) is 31.2 Å². The molecule has 0 radical (unpaired) electrons. The van der Waals surface area contributed by atoms with Gasteiger partial charge in [0.05, 0.1) is 6.10 Å². The minimum Gasteiger partial charge on any atom is -0.399 e. The van der Waals surface area contributed by atoms with Gasteiger partial charge in [-0.3, -0.25) is 0 Å². The fourth-order valence-corrected chi connectivity index (χ4v) is 4.63. The van der Waals surface area contributed by atoms with E-state index < -0.39 is 0 Å². The predicted molar refractivity (Wildman–Crippen MR) is 106 cm³/mol. The fraction of sp³-hybridized carbons (Fsp3) is 0.478. The lowest BCUT2D eigenvalue weighted by Crippen LogP contribution is -2.36. The van der Waals surface area contributed by atoms with E-state index in [4.69, 9.17) is 5.73 Å². The zero-order chi connectivity index (χ0) is 18.5. The van der Waals surface area contributed by atoms with Gasteiger partial charge >= 0.3 is 0 Å². The molecular formula is C23H30FNO. The van der Waals surface area contributed by atoms with Crippen LogP contribution in [0.15, 0.2) is 54.3 Å². The Bertz CT molecular complexity index is 706. The van der Waals surface area contributed by atoms with Crippen LogP contribution >= 0.6 is 0 Å². The summed E-state index contributed by atoms with van der Waals surface area (Å²) in [6.45, 7) is 1.88. The minimum absolute atomic E-state index is 0.183. The standard InChI is InChI=1S/C23H30FNO/c1-16(21-7-4-5-9-23(21)24)10-12-19(25)13-11-18-15-20(26)14-17-6-2-3-8-22(17)18/h4-5,7,9-13,17-18,20,22,26H,2-3,6,8,14-15,25H2,1H3/b13-11+,16-10+,19-12-. The monoisotopic (exact) mass is 355 g/mol. The molecule has 2 saturated carbocycles. The Labute approximate surface area is 156 Å². The Morgan fingerprint density at radius 2 is 1.92 bits per heavy atom. The van der Waals surface area contributed by atoms with Gasteiger partial charge in [-0.2, -0.15) is 0 Å². The zero-order valence-corrected chi connectivity index (χ0v) is 15.6. The van der Waals surface area contributed by atoms with Crippen LogP contribution in [0, 0.1) is 23.6 Å². The highest BCUT2D eigenvalue weighted by Gasteiger charge is 2.36. The van der Waals surface area contributed by atoms with E-state index in [2.05, 4.69) is 6.08 Å². The van der Waals surface area contributed by atoms with Crippen molar-refractivity contribution in [2.24, 2.45) is 23.5 Å². The first-order valence-corrected chi connectivity index (χ1v) is 9.80. The van der Waals surface area contributed by atoms with Crippen molar-refractivity contribution in [3.63, 3.8) is 0 Å². The molecule has 1 aromatic rings. The number of fused-ring (bicyclic) bond motifs is 1. The lowest BCUT2D eigenvalue weighted by atomic mass is 9.64. The molecule has 2 aliphatic carbocycles. The van der Waals surface area contributed by atoms with Crippen molar-refractivity contribution in [3.05, 3.63) is 65.6 Å². The number of benzene rings is 1. The average molecular weight is 355 g/mol. The van der Waals surface area contributed by atoms with Crippen LogP contribution in [0.3, 0.4) is 0 Å². The van der Waals surface area contributed by atoms with Crippen molar-refractivity contribution in [2.45, 2.75) is 51.6 Å². The molecule has 0 aromatic heterocycles. The van der Waals surface area contributed by atoms with E-state index in [0.717, 1.165) is 18.4 Å². The van der Waals surface area contributed by atoms with Crippen LogP contribution in [-0.4, -0.2) is 11.2 Å². The molecule has 26 heavy (non-hydrogen) atoms. The zero-order valence-electron chi connectivity index (χ0n) is 15.6. The normalized spacial score (nSPS) is 30.4. The number of halogens is 1. The Morgan fingerprint density at radius 1 is 1.15 bits per heavy atom. The van der Waals surface area contributed by atoms with Gasteiger partial charge in [-0.15, -0.1) is 0 Å². The maximum atomic E-state index is 13.8. The van der Waals surface area contributed by atoms with E-state index in [0.29, 0.717) is 29.0 Å². The Balaban J connectivity index is 1.68. The van der Waals surface area contributed by atoms with Gasteiger partial charge in [-0.1, -0.05) is 49.6 Å². The van der Waals surface area contributed by atoms with Crippen molar-refractivity contribution < 1.29 is 9.50 Å². The molecule has 0 bridgehead atoms. The first kappa shape index (κ1) is 18.9. The van der Waals surface area contributed by atoms with Crippen LogP contribution in [0.4, 0.5) is 4.39 Å². The van der Waals surface area contributed by atoms with Gasteiger partial charge in [0, 0.05) is 11.3 Å². The summed E-state index contributed by atoms with van der Waals surface area (Å²) >= 11 is 0. The summed E-state index contributed by atoms with van der Waals surface area (Å²) < 4.78 is 13.8. The van der Waals surface area contributed by atoms with Gasteiger partial charge in [0.2, 0.25) is 0 Å². The highest BCUT2D eigenvalue weighted by atomic mass is 19.1. The van der Waals surface area contributed by atoms with E-state index >= 15 is 0 Å². The molecule has 4 unspecified atom stereocenters. The molecule has 0 spiro atoms. The van der Waals surface area contributed by atoms with Crippen molar-refractivity contribution in [2.75, 3.05) is 0 Å². The van der Waals surface area contributed by atoms with E-state index in [1.165, 1.54) is 31.7 Å². The summed E-state index contributed by atoms with van der Waals surface area (Å²) in [5, 5.41) is 10.2. The van der Waals surface area contributed by atoms with Gasteiger partial charge in [0.1, 0.15) is 5.82 Å². The number of rotatable bonds is 4. The molecule has 2 fully saturated rings. The van der Waals surface area contributed by atoms with Crippen LogP contribution in [0.2, 0.25) is 0 Å². The number of allylic oxidation sites excluding steroid dienone is 5. The quantitative estimate of drug-likeness (QED) is 0.729. The van der Waals surface area contributed by atoms with Crippen molar-refractivity contribution in [1.29, 1.82) is 0 Å². The second-order valence-electron chi connectivity index (χ2n) is 7.85. The number of aliphatic hydroxyl groups excluding tert-OH is 1. The van der Waals surface area contributed by atoms with E-state index in [-0.39, 0.29) is 11.9 Å². The minimum atomic E-state index is -0.219. The molecule has 2 nitrogen and oxygen atoms in total. The van der Waals surface area contributed by atoms with Crippen molar-refractivity contribution >= 4 is 5.57 Å². The van der Waals surface area contributed by atoms with E-state index in [1.54, 1.807) is 12.1 Å². The first-order valence-electron chi connectivity index (χ1n) is 9.80. The average Bonchev–Trinajstić information content (AvgIpc) is 2.64. The Morgan fingerprint density at radius 3 is 2.73 bits per heavy atom. The summed E-state index contributed by atoms with van der Waals surface area (Å²) in [5.41, 5.74) is 8.24. The number of hydrogen-bond acceptors (Lipinski definition) is 2. The lowest BCUT2D eigenvalue weighted by molar-refractivity contribution is 0.0230. The molecule has 2 aliphatic rings. The van der Waals surface area contributed by atoms with Crippen LogP contribution in [0.1, 0.15) is 51.0 Å². The number of nitrogens with two attached hydrogens (primary N) is 1. The summed E-state index contributed by atoms with van der Waals surface area (Å²) in [6, 6.07) is 6.76. The van der Waals surface area contributed by atoms with E-state index in [9.17, 15) is 9.50 Å². The molecule has 3 N–H and O–H groups in total. The maximum Gasteiger partial charge on any atom is 0.130 e. The van der Waals surface area contributed by atoms with Crippen LogP contribution in [0.25, 0.3) is 5.57 Å². The smallest absolute Gasteiger partial charge is 0.130 e. The molecule has 4 atom stereocenters. The van der Waals surface area contributed by atoms with Crippen LogP contribution in [0.5, 0.6) is 0 Å².